The van der Waals surface area contributed by atoms with Crippen molar-refractivity contribution in [1.82, 2.24) is 0 Å². The summed E-state index contributed by atoms with van der Waals surface area (Å²) in [6.45, 7) is 5.46. The van der Waals surface area contributed by atoms with Crippen LogP contribution in [-0.4, -0.2) is 13.2 Å². The molecule has 0 aliphatic carbocycles. The summed E-state index contributed by atoms with van der Waals surface area (Å²) in [6, 6.07) is 5.60. The average Bonchev–Trinajstić information content (AvgIpc) is 2.36. The van der Waals surface area contributed by atoms with Gasteiger partial charge in [0.15, 0.2) is 11.5 Å². The van der Waals surface area contributed by atoms with E-state index >= 15 is 0 Å². The van der Waals surface area contributed by atoms with Gasteiger partial charge in [-0.25, -0.2) is 0 Å². The molecule has 0 fully saturated rings. The van der Waals surface area contributed by atoms with Crippen LogP contribution in [0.5, 0.6) is 11.5 Å². The molecule has 0 spiro atoms. The molecule has 0 N–H and O–H groups in total. The van der Waals surface area contributed by atoms with E-state index in [-0.39, 0.29) is 0 Å². The van der Waals surface area contributed by atoms with Gasteiger partial charge >= 0.3 is 0 Å². The zero-order chi connectivity index (χ0) is 12.5. The van der Waals surface area contributed by atoms with Crippen molar-refractivity contribution >= 4 is 0 Å². The predicted molar refractivity (Wildman–Crippen MR) is 70.6 cm³/mol. The summed E-state index contributed by atoms with van der Waals surface area (Å²) >= 11 is 0. The minimum absolute atomic E-state index is 0.610. The van der Waals surface area contributed by atoms with E-state index in [2.05, 4.69) is 12.8 Å². The minimum atomic E-state index is 0.610. The predicted octanol–water partition coefficient (Wildman–Crippen LogP) is 3.64. The smallest absolute Gasteiger partial charge is 0.162 e. The molecular formula is C15H20O2. The Morgan fingerprint density at radius 3 is 2.59 bits per heavy atom. The first-order chi connectivity index (χ1) is 8.31. The molecule has 0 saturated heterocycles. The van der Waals surface area contributed by atoms with Crippen molar-refractivity contribution in [2.75, 3.05) is 13.2 Å². The van der Waals surface area contributed by atoms with Crippen molar-refractivity contribution in [1.29, 1.82) is 0 Å². The molecule has 0 heterocycles. The van der Waals surface area contributed by atoms with E-state index in [1.54, 1.807) is 0 Å². The summed E-state index contributed by atoms with van der Waals surface area (Å²) in [5.74, 6) is 4.11. The molecule has 0 saturated carbocycles. The Labute approximate surface area is 104 Å². The van der Waals surface area contributed by atoms with E-state index in [0.29, 0.717) is 6.61 Å². The SMILES string of the molecule is C#Cc1ccc(OCCCCC)c(OCC)c1. The van der Waals surface area contributed by atoms with Crippen LogP contribution in [0.3, 0.4) is 0 Å². The van der Waals surface area contributed by atoms with E-state index in [9.17, 15) is 0 Å². The minimum Gasteiger partial charge on any atom is -0.490 e. The first kappa shape index (κ1) is 13.4. The lowest BCUT2D eigenvalue weighted by Gasteiger charge is -2.12. The first-order valence-corrected chi connectivity index (χ1v) is 6.18. The van der Waals surface area contributed by atoms with Crippen molar-refractivity contribution in [3.8, 4) is 23.8 Å². The Morgan fingerprint density at radius 1 is 1.12 bits per heavy atom. The second-order valence-electron chi connectivity index (χ2n) is 3.79. The lowest BCUT2D eigenvalue weighted by atomic mass is 10.2. The number of hydrogen-bond acceptors (Lipinski definition) is 2. The monoisotopic (exact) mass is 232 g/mol. The van der Waals surface area contributed by atoms with Gasteiger partial charge in [0, 0.05) is 5.56 Å². The number of rotatable bonds is 7. The van der Waals surface area contributed by atoms with Gasteiger partial charge in [0.05, 0.1) is 13.2 Å². The summed E-state index contributed by atoms with van der Waals surface area (Å²) in [6.07, 6.45) is 8.81. The van der Waals surface area contributed by atoms with Gasteiger partial charge in [0.25, 0.3) is 0 Å². The molecule has 1 rings (SSSR count). The quantitative estimate of drug-likeness (QED) is 0.528. The molecule has 2 nitrogen and oxygen atoms in total. The van der Waals surface area contributed by atoms with Crippen LogP contribution in [0, 0.1) is 12.3 Å². The third-order valence-electron chi connectivity index (χ3n) is 2.42. The highest BCUT2D eigenvalue weighted by molar-refractivity contribution is 5.47. The Kier molecular flexibility index (Phi) is 6.03. The van der Waals surface area contributed by atoms with Crippen molar-refractivity contribution in [2.45, 2.75) is 33.1 Å². The Morgan fingerprint density at radius 2 is 1.94 bits per heavy atom. The van der Waals surface area contributed by atoms with Crippen LogP contribution in [0.1, 0.15) is 38.7 Å². The largest absolute Gasteiger partial charge is 0.490 e. The van der Waals surface area contributed by atoms with Crippen LogP contribution in [-0.2, 0) is 0 Å². The molecule has 0 amide bonds. The second-order valence-corrected chi connectivity index (χ2v) is 3.79. The fraction of sp³-hybridized carbons (Fsp3) is 0.467. The Bertz CT molecular complexity index is 377. The van der Waals surface area contributed by atoms with Crippen LogP contribution in [0.2, 0.25) is 0 Å². The number of hydrogen-bond donors (Lipinski definition) is 0. The summed E-state index contributed by atoms with van der Waals surface area (Å²) in [4.78, 5) is 0. The molecule has 0 aliphatic rings. The van der Waals surface area contributed by atoms with Crippen LogP contribution >= 0.6 is 0 Å². The average molecular weight is 232 g/mol. The Balaban J connectivity index is 2.66. The summed E-state index contributed by atoms with van der Waals surface area (Å²) in [7, 11) is 0. The van der Waals surface area contributed by atoms with Gasteiger partial charge in [-0.1, -0.05) is 25.7 Å². The maximum absolute atomic E-state index is 5.70. The molecular weight excluding hydrogens is 212 g/mol. The van der Waals surface area contributed by atoms with Crippen molar-refractivity contribution < 1.29 is 9.47 Å². The lowest BCUT2D eigenvalue weighted by Crippen LogP contribution is -2.01. The molecule has 1 aromatic rings. The Hall–Kier alpha value is -1.62. The van der Waals surface area contributed by atoms with Gasteiger partial charge in [0.1, 0.15) is 0 Å². The molecule has 0 unspecified atom stereocenters. The molecule has 0 radical (unpaired) electrons. The van der Waals surface area contributed by atoms with Crippen molar-refractivity contribution in [2.24, 2.45) is 0 Å². The van der Waals surface area contributed by atoms with Gasteiger partial charge in [-0.15, -0.1) is 6.42 Å². The maximum atomic E-state index is 5.70. The lowest BCUT2D eigenvalue weighted by molar-refractivity contribution is 0.271. The standard InChI is InChI=1S/C15H20O2/c1-4-7-8-11-17-14-10-9-13(5-2)12-15(14)16-6-3/h2,9-10,12H,4,6-8,11H2,1,3H3. The van der Waals surface area contributed by atoms with E-state index in [4.69, 9.17) is 15.9 Å². The van der Waals surface area contributed by atoms with E-state index in [1.165, 1.54) is 12.8 Å². The molecule has 0 atom stereocenters. The van der Waals surface area contributed by atoms with Crippen molar-refractivity contribution in [3.05, 3.63) is 23.8 Å². The zero-order valence-corrected chi connectivity index (χ0v) is 10.7. The third-order valence-corrected chi connectivity index (χ3v) is 2.42. The normalized spacial score (nSPS) is 9.71. The van der Waals surface area contributed by atoms with E-state index in [0.717, 1.165) is 30.1 Å². The topological polar surface area (TPSA) is 18.5 Å². The van der Waals surface area contributed by atoms with Gasteiger partial charge in [0.2, 0.25) is 0 Å². The molecule has 0 aromatic heterocycles. The van der Waals surface area contributed by atoms with Crippen LogP contribution in [0.15, 0.2) is 18.2 Å². The molecule has 0 bridgehead atoms. The van der Waals surface area contributed by atoms with Gasteiger partial charge in [-0.2, -0.15) is 0 Å². The maximum Gasteiger partial charge on any atom is 0.162 e. The summed E-state index contributed by atoms with van der Waals surface area (Å²) in [5.41, 5.74) is 0.814. The third kappa shape index (κ3) is 4.40. The van der Waals surface area contributed by atoms with Crippen LogP contribution in [0.4, 0.5) is 0 Å². The highest BCUT2D eigenvalue weighted by Crippen LogP contribution is 2.28. The van der Waals surface area contributed by atoms with Gasteiger partial charge < -0.3 is 9.47 Å². The second kappa shape index (κ2) is 7.62. The molecule has 0 aliphatic heterocycles. The van der Waals surface area contributed by atoms with Gasteiger partial charge in [-0.05, 0) is 31.5 Å². The van der Waals surface area contributed by atoms with Crippen LogP contribution < -0.4 is 9.47 Å². The molecule has 17 heavy (non-hydrogen) atoms. The first-order valence-electron chi connectivity index (χ1n) is 6.18. The highest BCUT2D eigenvalue weighted by Gasteiger charge is 2.05. The number of ether oxygens (including phenoxy) is 2. The molecule has 2 heteroatoms. The fourth-order valence-electron chi connectivity index (χ4n) is 1.52. The fourth-order valence-corrected chi connectivity index (χ4v) is 1.52. The van der Waals surface area contributed by atoms with Crippen molar-refractivity contribution in [3.63, 3.8) is 0 Å². The molecule has 92 valence electrons. The van der Waals surface area contributed by atoms with E-state index < -0.39 is 0 Å². The van der Waals surface area contributed by atoms with Gasteiger partial charge in [-0.3, -0.25) is 0 Å². The summed E-state index contributed by atoms with van der Waals surface area (Å²) in [5, 5.41) is 0. The number of unbranched alkanes of at least 4 members (excludes halogenated alkanes) is 2. The van der Waals surface area contributed by atoms with E-state index in [1.807, 2.05) is 25.1 Å². The van der Waals surface area contributed by atoms with Crippen LogP contribution in [0.25, 0.3) is 0 Å². The zero-order valence-electron chi connectivity index (χ0n) is 10.7. The number of benzene rings is 1. The highest BCUT2D eigenvalue weighted by atomic mass is 16.5. The summed E-state index contributed by atoms with van der Waals surface area (Å²) < 4.78 is 11.2. The number of terminal acetylenes is 1. The molecule has 1 aromatic carbocycles.